The molecule has 2 fully saturated rings. The predicted octanol–water partition coefficient (Wildman–Crippen LogP) is 4.60. The predicted molar refractivity (Wildman–Crippen MR) is 129 cm³/mol. The number of aliphatic carboxylic acids is 1. The molecule has 3 heterocycles. The zero-order valence-corrected chi connectivity index (χ0v) is 20.1. The number of hydrogen-bond donors (Lipinski definition) is 1. The van der Waals surface area contributed by atoms with Crippen molar-refractivity contribution < 1.29 is 23.8 Å². The van der Waals surface area contributed by atoms with Crippen LogP contribution in [0.5, 0.6) is 11.6 Å². The first-order valence-electron chi connectivity index (χ1n) is 12.1. The largest absolute Gasteiger partial charge is 0.494 e. The Morgan fingerprint density at radius 1 is 1.21 bits per heavy atom. The van der Waals surface area contributed by atoms with Gasteiger partial charge in [0.05, 0.1) is 30.6 Å². The van der Waals surface area contributed by atoms with Crippen molar-refractivity contribution >= 4 is 17.3 Å². The number of piperidine rings is 1. The summed E-state index contributed by atoms with van der Waals surface area (Å²) in [5.74, 6) is 0.933. The van der Waals surface area contributed by atoms with E-state index < -0.39 is 5.97 Å². The van der Waals surface area contributed by atoms with Gasteiger partial charge >= 0.3 is 5.97 Å². The van der Waals surface area contributed by atoms with Gasteiger partial charge in [-0.1, -0.05) is 13.8 Å². The van der Waals surface area contributed by atoms with Crippen LogP contribution in [0.1, 0.15) is 40.0 Å². The summed E-state index contributed by atoms with van der Waals surface area (Å²) in [6, 6.07) is 8.66. The summed E-state index contributed by atoms with van der Waals surface area (Å²) in [6.45, 7) is 8.94. The van der Waals surface area contributed by atoms with Crippen LogP contribution in [0, 0.1) is 17.7 Å². The Hall–Kier alpha value is -3.03. The molecular formula is C26H34FN3O4. The first kappa shape index (κ1) is 24.1. The number of benzene rings is 1. The molecule has 8 heteroatoms. The molecule has 0 unspecified atom stereocenters. The van der Waals surface area contributed by atoms with E-state index in [2.05, 4.69) is 23.7 Å². The molecule has 184 valence electrons. The Labute approximate surface area is 200 Å². The van der Waals surface area contributed by atoms with Crippen LogP contribution in [0.25, 0.3) is 0 Å². The van der Waals surface area contributed by atoms with Crippen molar-refractivity contribution in [3.63, 3.8) is 0 Å². The number of anilines is 2. The van der Waals surface area contributed by atoms with Crippen LogP contribution in [0.15, 0.2) is 36.5 Å². The lowest BCUT2D eigenvalue weighted by Crippen LogP contribution is -2.38. The first-order chi connectivity index (χ1) is 16.4. The SMILES string of the molecule is CCOc1ccc(F)c(N2CCC(Oc3ccc(N4C[C@H](C)[C@@H](C)[C@@H]4CC(=O)O)cn3)CC2)c1. The molecule has 1 aromatic heterocycles. The molecule has 4 rings (SSSR count). The van der Waals surface area contributed by atoms with Crippen LogP contribution in [-0.4, -0.2) is 54.4 Å². The van der Waals surface area contributed by atoms with Gasteiger partial charge in [0.15, 0.2) is 0 Å². The summed E-state index contributed by atoms with van der Waals surface area (Å²) >= 11 is 0. The molecule has 0 saturated carbocycles. The molecule has 2 aliphatic heterocycles. The third kappa shape index (κ3) is 5.37. The summed E-state index contributed by atoms with van der Waals surface area (Å²) in [5.41, 5.74) is 1.49. The van der Waals surface area contributed by atoms with Gasteiger partial charge in [-0.05, 0) is 37.0 Å². The first-order valence-corrected chi connectivity index (χ1v) is 12.1. The minimum Gasteiger partial charge on any atom is -0.494 e. The minimum absolute atomic E-state index is 0.0133. The van der Waals surface area contributed by atoms with Crippen molar-refractivity contribution in [3.8, 4) is 11.6 Å². The molecule has 2 saturated heterocycles. The minimum atomic E-state index is -0.778. The number of pyridine rings is 1. The number of aromatic nitrogens is 1. The van der Waals surface area contributed by atoms with Crippen LogP contribution >= 0.6 is 0 Å². The summed E-state index contributed by atoms with van der Waals surface area (Å²) < 4.78 is 26.0. The topological polar surface area (TPSA) is 75.1 Å². The Morgan fingerprint density at radius 3 is 2.62 bits per heavy atom. The van der Waals surface area contributed by atoms with Gasteiger partial charge < -0.3 is 24.4 Å². The quantitative estimate of drug-likeness (QED) is 0.603. The molecule has 0 radical (unpaired) electrons. The monoisotopic (exact) mass is 471 g/mol. The molecule has 0 spiro atoms. The summed E-state index contributed by atoms with van der Waals surface area (Å²) in [6.07, 6.45) is 3.45. The molecule has 3 atom stereocenters. The molecular weight excluding hydrogens is 437 g/mol. The van der Waals surface area contributed by atoms with E-state index in [1.807, 2.05) is 24.0 Å². The van der Waals surface area contributed by atoms with Gasteiger partial charge in [0.2, 0.25) is 5.88 Å². The van der Waals surface area contributed by atoms with Crippen molar-refractivity contribution in [2.75, 3.05) is 36.0 Å². The van der Waals surface area contributed by atoms with Crippen molar-refractivity contribution in [3.05, 3.63) is 42.3 Å². The van der Waals surface area contributed by atoms with Crippen LogP contribution in [-0.2, 0) is 4.79 Å². The fourth-order valence-electron chi connectivity index (χ4n) is 5.04. The average Bonchev–Trinajstić information content (AvgIpc) is 3.09. The maximum Gasteiger partial charge on any atom is 0.305 e. The van der Waals surface area contributed by atoms with Gasteiger partial charge in [0, 0.05) is 50.7 Å². The number of hydrogen-bond acceptors (Lipinski definition) is 6. The van der Waals surface area contributed by atoms with Gasteiger partial charge in [-0.15, -0.1) is 0 Å². The van der Waals surface area contributed by atoms with E-state index in [-0.39, 0.29) is 24.4 Å². The second-order valence-electron chi connectivity index (χ2n) is 9.36. The zero-order chi connectivity index (χ0) is 24.2. The van der Waals surface area contributed by atoms with Crippen LogP contribution < -0.4 is 19.3 Å². The van der Waals surface area contributed by atoms with Crippen molar-refractivity contribution in [2.24, 2.45) is 11.8 Å². The van der Waals surface area contributed by atoms with Crippen molar-refractivity contribution in [1.82, 2.24) is 4.98 Å². The van der Waals surface area contributed by atoms with Crippen molar-refractivity contribution in [2.45, 2.75) is 52.2 Å². The van der Waals surface area contributed by atoms with E-state index >= 15 is 0 Å². The number of nitrogens with zero attached hydrogens (tertiary/aromatic N) is 3. The third-order valence-electron chi connectivity index (χ3n) is 7.12. The normalized spacial score (nSPS) is 23.2. The van der Waals surface area contributed by atoms with E-state index in [1.165, 1.54) is 6.07 Å². The van der Waals surface area contributed by atoms with E-state index in [1.54, 1.807) is 18.3 Å². The van der Waals surface area contributed by atoms with Crippen LogP contribution in [0.4, 0.5) is 15.8 Å². The maximum atomic E-state index is 14.4. The molecule has 0 bridgehead atoms. The Morgan fingerprint density at radius 2 is 1.97 bits per heavy atom. The van der Waals surface area contributed by atoms with Crippen molar-refractivity contribution in [1.29, 1.82) is 0 Å². The standard InChI is InChI=1S/C26H34FN3O4/c1-4-33-21-6-7-22(27)24(13-21)29-11-9-20(10-12-29)34-25-8-5-19(15-28-25)30-16-17(2)18(3)23(30)14-26(31)32/h5-8,13,15,17-18,20,23H,4,9-12,14,16H2,1-3H3,(H,31,32)/t17-,18+,23-/m0/s1. The lowest BCUT2D eigenvalue weighted by Gasteiger charge is -2.34. The molecule has 7 nitrogen and oxygen atoms in total. The van der Waals surface area contributed by atoms with E-state index in [9.17, 15) is 14.3 Å². The molecule has 0 aliphatic carbocycles. The zero-order valence-electron chi connectivity index (χ0n) is 20.1. The molecule has 2 aromatic rings. The highest BCUT2D eigenvalue weighted by atomic mass is 19.1. The second kappa shape index (κ2) is 10.5. The number of halogens is 1. The lowest BCUT2D eigenvalue weighted by molar-refractivity contribution is -0.137. The fraction of sp³-hybridized carbons (Fsp3) is 0.538. The Bertz CT molecular complexity index is 979. The number of rotatable bonds is 8. The maximum absolute atomic E-state index is 14.4. The molecule has 0 amide bonds. The Kier molecular flexibility index (Phi) is 7.44. The third-order valence-corrected chi connectivity index (χ3v) is 7.12. The second-order valence-corrected chi connectivity index (χ2v) is 9.36. The summed E-state index contributed by atoms with van der Waals surface area (Å²) in [5, 5.41) is 9.32. The lowest BCUT2D eigenvalue weighted by atomic mass is 9.92. The van der Waals surface area contributed by atoms with Gasteiger partial charge in [-0.25, -0.2) is 9.37 Å². The average molecular weight is 472 g/mol. The fourth-order valence-corrected chi connectivity index (χ4v) is 5.04. The van der Waals surface area contributed by atoms with E-state index in [4.69, 9.17) is 9.47 Å². The highest BCUT2D eigenvalue weighted by Crippen LogP contribution is 2.35. The number of ether oxygens (including phenoxy) is 2. The van der Waals surface area contributed by atoms with E-state index in [0.29, 0.717) is 48.8 Å². The smallest absolute Gasteiger partial charge is 0.305 e. The molecule has 1 aromatic carbocycles. The summed E-state index contributed by atoms with van der Waals surface area (Å²) in [4.78, 5) is 20.0. The highest BCUT2D eigenvalue weighted by molar-refractivity contribution is 5.69. The number of carboxylic acids is 1. The van der Waals surface area contributed by atoms with E-state index in [0.717, 1.165) is 25.1 Å². The van der Waals surface area contributed by atoms with Gasteiger partial charge in [-0.2, -0.15) is 0 Å². The Balaban J connectivity index is 1.34. The van der Waals surface area contributed by atoms with Gasteiger partial charge in [0.1, 0.15) is 17.7 Å². The highest BCUT2D eigenvalue weighted by Gasteiger charge is 2.38. The number of carboxylic acid groups (broad SMARTS) is 1. The molecule has 2 aliphatic rings. The summed E-state index contributed by atoms with van der Waals surface area (Å²) in [7, 11) is 0. The molecule has 1 N–H and O–H groups in total. The van der Waals surface area contributed by atoms with Crippen LogP contribution in [0.3, 0.4) is 0 Å². The van der Waals surface area contributed by atoms with Gasteiger partial charge in [0.25, 0.3) is 0 Å². The van der Waals surface area contributed by atoms with Crippen LogP contribution in [0.2, 0.25) is 0 Å². The van der Waals surface area contributed by atoms with Gasteiger partial charge in [-0.3, -0.25) is 4.79 Å². The number of carbonyl (C=O) groups is 1. The molecule has 34 heavy (non-hydrogen) atoms.